The second kappa shape index (κ2) is 26.2. The third-order valence-corrected chi connectivity index (χ3v) is 0. The van der Waals surface area contributed by atoms with Gasteiger partial charge in [0.05, 0.1) is 0 Å². The van der Waals surface area contributed by atoms with Crippen molar-refractivity contribution < 1.29 is 110 Å². The second-order valence-corrected chi connectivity index (χ2v) is 0. The SMILES string of the molecule is [I-].[I-].[I-].[Li+].[Zn+2]. The van der Waals surface area contributed by atoms with E-state index in [-0.39, 0.29) is 110 Å². The van der Waals surface area contributed by atoms with Crippen LogP contribution in [0.4, 0.5) is 0 Å². The van der Waals surface area contributed by atoms with E-state index in [9.17, 15) is 0 Å². The van der Waals surface area contributed by atoms with Gasteiger partial charge in [-0.1, -0.05) is 0 Å². The molecule has 0 atom stereocenters. The van der Waals surface area contributed by atoms with Gasteiger partial charge in [-0.2, -0.15) is 0 Å². The van der Waals surface area contributed by atoms with Crippen LogP contribution in [0.1, 0.15) is 0 Å². The predicted octanol–water partition coefficient (Wildman–Crippen LogP) is -12.0. The molecular weight excluding hydrogens is 453 g/mol. The zero-order valence-corrected chi connectivity index (χ0v) is 12.3. The monoisotopic (exact) mass is 452 g/mol. The maximum Gasteiger partial charge on any atom is 2.00 e. The van der Waals surface area contributed by atoms with Crippen molar-refractivity contribution >= 4 is 0 Å². The fraction of sp³-hybridized carbons (Fsp3) is 0. The van der Waals surface area contributed by atoms with Crippen molar-refractivity contribution in [1.82, 2.24) is 0 Å². The summed E-state index contributed by atoms with van der Waals surface area (Å²) in [5, 5.41) is 0. The molecular formula is I3LiZn. The van der Waals surface area contributed by atoms with Crippen molar-refractivity contribution in [1.29, 1.82) is 0 Å². The van der Waals surface area contributed by atoms with Gasteiger partial charge < -0.3 is 71.9 Å². The molecule has 0 aliphatic carbocycles. The van der Waals surface area contributed by atoms with Gasteiger partial charge in [0.1, 0.15) is 0 Å². The van der Waals surface area contributed by atoms with Crippen molar-refractivity contribution in [2.45, 2.75) is 0 Å². The van der Waals surface area contributed by atoms with E-state index in [1.54, 1.807) is 0 Å². The van der Waals surface area contributed by atoms with E-state index in [4.69, 9.17) is 0 Å². The predicted molar refractivity (Wildman–Crippen MR) is 0 cm³/mol. The summed E-state index contributed by atoms with van der Waals surface area (Å²) < 4.78 is 0. The van der Waals surface area contributed by atoms with E-state index in [1.807, 2.05) is 0 Å². The molecule has 0 bridgehead atoms. The van der Waals surface area contributed by atoms with Gasteiger partial charge in [-0.05, 0) is 0 Å². The topological polar surface area (TPSA) is 0 Å². The molecule has 0 aliphatic heterocycles. The minimum Gasteiger partial charge on any atom is -1.00 e. The average molecular weight is 453 g/mol. The Balaban J connectivity index is 0. The second-order valence-electron chi connectivity index (χ2n) is 0. The maximum absolute atomic E-state index is 0. The molecule has 0 heterocycles. The van der Waals surface area contributed by atoms with E-state index in [0.29, 0.717) is 0 Å². The third kappa shape index (κ3) is 18.6. The Morgan fingerprint density at radius 3 is 0.600 bits per heavy atom. The Morgan fingerprint density at radius 2 is 0.600 bits per heavy atom. The molecule has 0 aliphatic rings. The number of hydrogen-bond acceptors (Lipinski definition) is 0. The molecule has 0 aromatic rings. The summed E-state index contributed by atoms with van der Waals surface area (Å²) in [5.41, 5.74) is 0. The molecule has 5 heteroatoms. The van der Waals surface area contributed by atoms with E-state index < -0.39 is 0 Å². The van der Waals surface area contributed by atoms with E-state index in [1.165, 1.54) is 0 Å². The fourth-order valence-corrected chi connectivity index (χ4v) is 0. The van der Waals surface area contributed by atoms with Crippen LogP contribution < -0.4 is 90.8 Å². The zero-order valence-electron chi connectivity index (χ0n) is 2.84. The van der Waals surface area contributed by atoms with Gasteiger partial charge in [0, 0.05) is 0 Å². The molecule has 5 heavy (non-hydrogen) atoms. The number of halogens is 3. The Kier molecular flexibility index (Phi) is 208. The molecule has 0 rings (SSSR count). The largest absolute Gasteiger partial charge is 2.00 e. The third-order valence-electron chi connectivity index (χ3n) is 0. The summed E-state index contributed by atoms with van der Waals surface area (Å²) >= 11 is 0. The molecule has 0 aromatic carbocycles. The standard InChI is InChI=1S/3HI.Li.Zn/h3*1H;;/q;;;+1;+2/p-3. The van der Waals surface area contributed by atoms with Gasteiger partial charge >= 0.3 is 38.3 Å². The Morgan fingerprint density at radius 1 is 0.600 bits per heavy atom. The van der Waals surface area contributed by atoms with Crippen LogP contribution in [0.5, 0.6) is 0 Å². The molecule has 0 spiro atoms. The van der Waals surface area contributed by atoms with Gasteiger partial charge in [0.15, 0.2) is 0 Å². The summed E-state index contributed by atoms with van der Waals surface area (Å²) in [6.45, 7) is 0. The minimum absolute atomic E-state index is 0. The minimum atomic E-state index is 0. The molecule has 24 valence electrons. The summed E-state index contributed by atoms with van der Waals surface area (Å²) in [7, 11) is 0. The first kappa shape index (κ1) is 39.7. The van der Waals surface area contributed by atoms with Crippen molar-refractivity contribution in [2.24, 2.45) is 0 Å². The first-order valence-corrected chi connectivity index (χ1v) is 0. The molecule has 0 saturated carbocycles. The van der Waals surface area contributed by atoms with Crippen LogP contribution in [0.15, 0.2) is 0 Å². The molecule has 0 saturated heterocycles. The van der Waals surface area contributed by atoms with Crippen LogP contribution in [0.25, 0.3) is 0 Å². The Labute approximate surface area is 108 Å². The summed E-state index contributed by atoms with van der Waals surface area (Å²) in [5.74, 6) is 0. The van der Waals surface area contributed by atoms with Gasteiger partial charge in [-0.25, -0.2) is 0 Å². The van der Waals surface area contributed by atoms with Gasteiger partial charge in [-0.3, -0.25) is 0 Å². The molecule has 0 radical (unpaired) electrons. The van der Waals surface area contributed by atoms with Crippen LogP contribution in [0.2, 0.25) is 0 Å². The molecule has 0 N–H and O–H groups in total. The van der Waals surface area contributed by atoms with Crippen LogP contribution >= 0.6 is 0 Å². The zero-order chi connectivity index (χ0) is 0. The van der Waals surface area contributed by atoms with Crippen LogP contribution in [-0.4, -0.2) is 0 Å². The van der Waals surface area contributed by atoms with Crippen molar-refractivity contribution in [2.75, 3.05) is 0 Å². The van der Waals surface area contributed by atoms with E-state index >= 15 is 0 Å². The Hall–Kier alpha value is 3.41. The quantitative estimate of drug-likeness (QED) is 0.253. The molecule has 0 fully saturated rings. The first-order chi connectivity index (χ1) is 0. The molecule has 0 aromatic heterocycles. The average Bonchev–Trinajstić information content (AvgIpc) is 0. The van der Waals surface area contributed by atoms with Gasteiger partial charge in [0.25, 0.3) is 0 Å². The Bertz CT molecular complexity index is 6.85. The van der Waals surface area contributed by atoms with Crippen LogP contribution in [0, 0.1) is 0 Å². The van der Waals surface area contributed by atoms with Crippen molar-refractivity contribution in [3.05, 3.63) is 0 Å². The van der Waals surface area contributed by atoms with Crippen molar-refractivity contribution in [3.8, 4) is 0 Å². The van der Waals surface area contributed by atoms with Crippen molar-refractivity contribution in [3.63, 3.8) is 0 Å². The summed E-state index contributed by atoms with van der Waals surface area (Å²) in [4.78, 5) is 0. The summed E-state index contributed by atoms with van der Waals surface area (Å²) in [6, 6.07) is 0. The normalized spacial score (nSPS) is 0. The fourth-order valence-electron chi connectivity index (χ4n) is 0. The molecule has 0 nitrogen and oxygen atoms in total. The smallest absolute Gasteiger partial charge is 1.00 e. The van der Waals surface area contributed by atoms with Gasteiger partial charge in [0.2, 0.25) is 0 Å². The summed E-state index contributed by atoms with van der Waals surface area (Å²) in [6.07, 6.45) is 0. The maximum atomic E-state index is 0. The van der Waals surface area contributed by atoms with E-state index in [0.717, 1.165) is 0 Å². The van der Waals surface area contributed by atoms with E-state index in [2.05, 4.69) is 0 Å². The van der Waals surface area contributed by atoms with Crippen LogP contribution in [-0.2, 0) is 19.5 Å². The first-order valence-electron chi connectivity index (χ1n) is 0. The molecule has 0 unspecified atom stereocenters. The number of hydrogen-bond donors (Lipinski definition) is 0. The molecule has 0 amide bonds. The van der Waals surface area contributed by atoms with Crippen LogP contribution in [0.3, 0.4) is 0 Å². The van der Waals surface area contributed by atoms with Gasteiger partial charge in [-0.15, -0.1) is 0 Å². The number of rotatable bonds is 0.